The van der Waals surface area contributed by atoms with E-state index >= 15 is 0 Å². The molecule has 0 atom stereocenters. The predicted octanol–water partition coefficient (Wildman–Crippen LogP) is 1.10. The fourth-order valence-electron chi connectivity index (χ4n) is 2.32. The summed E-state index contributed by atoms with van der Waals surface area (Å²) in [6, 6.07) is 9.86. The normalized spacial score (nSPS) is 14.8. The van der Waals surface area contributed by atoms with Crippen molar-refractivity contribution in [3.63, 3.8) is 0 Å². The summed E-state index contributed by atoms with van der Waals surface area (Å²) < 4.78 is 1.82. The molecule has 0 radical (unpaired) electrons. The number of aromatic nitrogens is 2. The Morgan fingerprint density at radius 3 is 2.90 bits per heavy atom. The fourth-order valence-corrected chi connectivity index (χ4v) is 2.32. The van der Waals surface area contributed by atoms with Crippen LogP contribution in [0.25, 0.3) is 5.69 Å². The van der Waals surface area contributed by atoms with E-state index in [9.17, 15) is 4.79 Å². The maximum Gasteiger partial charge on any atom is 0.220 e. The van der Waals surface area contributed by atoms with E-state index in [0.29, 0.717) is 18.9 Å². The van der Waals surface area contributed by atoms with E-state index in [0.717, 1.165) is 24.3 Å². The van der Waals surface area contributed by atoms with Crippen LogP contribution in [-0.2, 0) is 11.3 Å². The van der Waals surface area contributed by atoms with Crippen LogP contribution in [0.2, 0.25) is 0 Å². The summed E-state index contributed by atoms with van der Waals surface area (Å²) in [5.74, 6) is 0.614. The summed E-state index contributed by atoms with van der Waals surface area (Å²) in [6.07, 6.45) is 4.26. The van der Waals surface area contributed by atoms with Gasteiger partial charge in [0, 0.05) is 25.4 Å². The number of nitrogens with one attached hydrogen (secondary N) is 2. The van der Waals surface area contributed by atoms with Crippen molar-refractivity contribution in [2.75, 3.05) is 13.1 Å². The van der Waals surface area contributed by atoms with Crippen molar-refractivity contribution in [1.82, 2.24) is 20.4 Å². The molecular weight excluding hydrogens is 252 g/mol. The summed E-state index contributed by atoms with van der Waals surface area (Å²) in [4.78, 5) is 11.9. The Morgan fingerprint density at radius 2 is 2.20 bits per heavy atom. The van der Waals surface area contributed by atoms with Gasteiger partial charge in [0.2, 0.25) is 5.91 Å². The largest absolute Gasteiger partial charge is 0.352 e. The third-order valence-corrected chi connectivity index (χ3v) is 3.56. The Kier molecular flexibility index (Phi) is 3.78. The number of carbonyl (C=O) groups excluding carboxylic acids is 1. The van der Waals surface area contributed by atoms with Crippen molar-refractivity contribution >= 4 is 5.91 Å². The summed E-state index contributed by atoms with van der Waals surface area (Å²) >= 11 is 0. The Bertz CT molecular complexity index is 575. The van der Waals surface area contributed by atoms with Crippen LogP contribution in [0.3, 0.4) is 0 Å². The Balaban J connectivity index is 1.63. The van der Waals surface area contributed by atoms with Crippen LogP contribution in [0.4, 0.5) is 0 Å². The van der Waals surface area contributed by atoms with Crippen molar-refractivity contribution in [1.29, 1.82) is 0 Å². The molecule has 5 nitrogen and oxygen atoms in total. The van der Waals surface area contributed by atoms with Crippen LogP contribution in [0.15, 0.2) is 42.7 Å². The number of amides is 1. The molecule has 0 saturated carbocycles. The molecule has 1 amide bonds. The van der Waals surface area contributed by atoms with Gasteiger partial charge >= 0.3 is 0 Å². The number of benzene rings is 1. The molecule has 0 aliphatic carbocycles. The molecule has 1 fully saturated rings. The molecule has 1 aliphatic rings. The number of para-hydroxylation sites is 1. The van der Waals surface area contributed by atoms with Gasteiger partial charge in [-0.2, -0.15) is 5.10 Å². The summed E-state index contributed by atoms with van der Waals surface area (Å²) in [5.41, 5.74) is 2.07. The molecule has 20 heavy (non-hydrogen) atoms. The quantitative estimate of drug-likeness (QED) is 0.855. The molecule has 0 spiro atoms. The van der Waals surface area contributed by atoms with Gasteiger partial charge in [-0.1, -0.05) is 18.2 Å². The van der Waals surface area contributed by atoms with Crippen molar-refractivity contribution < 1.29 is 4.79 Å². The molecule has 0 unspecified atom stereocenters. The first-order valence-electron chi connectivity index (χ1n) is 6.88. The first-order valence-corrected chi connectivity index (χ1v) is 6.88. The van der Waals surface area contributed by atoms with Gasteiger partial charge in [-0.25, -0.2) is 4.68 Å². The van der Waals surface area contributed by atoms with Gasteiger partial charge in [0.1, 0.15) is 0 Å². The lowest BCUT2D eigenvalue weighted by Gasteiger charge is -2.26. The first kappa shape index (κ1) is 12.9. The summed E-state index contributed by atoms with van der Waals surface area (Å²) in [5, 5.41) is 10.4. The third-order valence-electron chi connectivity index (χ3n) is 3.56. The number of rotatable bonds is 5. The Labute approximate surface area is 118 Å². The highest BCUT2D eigenvalue weighted by Gasteiger charge is 2.19. The van der Waals surface area contributed by atoms with Crippen LogP contribution in [0.1, 0.15) is 12.0 Å². The van der Waals surface area contributed by atoms with E-state index in [4.69, 9.17) is 0 Å². The molecule has 3 rings (SSSR count). The van der Waals surface area contributed by atoms with Crippen LogP contribution in [-0.4, -0.2) is 28.8 Å². The molecule has 1 aromatic heterocycles. The number of hydrogen-bond donors (Lipinski definition) is 2. The Hall–Kier alpha value is -2.14. The van der Waals surface area contributed by atoms with Gasteiger partial charge in [-0.15, -0.1) is 0 Å². The predicted molar refractivity (Wildman–Crippen MR) is 76.4 cm³/mol. The average Bonchev–Trinajstić information content (AvgIpc) is 2.95. The van der Waals surface area contributed by atoms with Crippen LogP contribution < -0.4 is 10.6 Å². The van der Waals surface area contributed by atoms with E-state index < -0.39 is 0 Å². The van der Waals surface area contributed by atoms with Crippen molar-refractivity contribution in [3.8, 4) is 5.69 Å². The van der Waals surface area contributed by atoms with Crippen molar-refractivity contribution in [2.24, 2.45) is 5.92 Å². The highest BCUT2D eigenvalue weighted by Crippen LogP contribution is 2.13. The molecule has 2 N–H and O–H groups in total. The molecule has 5 heteroatoms. The average molecular weight is 270 g/mol. The SMILES string of the molecule is O=C(CC1CNC1)NCc1ccccc1-n1cccn1. The van der Waals surface area contributed by atoms with Gasteiger partial charge in [-0.05, 0) is 36.7 Å². The molecule has 1 aliphatic heterocycles. The van der Waals surface area contributed by atoms with E-state index in [1.807, 2.05) is 41.2 Å². The highest BCUT2D eigenvalue weighted by atomic mass is 16.1. The minimum atomic E-state index is 0.117. The van der Waals surface area contributed by atoms with Crippen molar-refractivity contribution in [2.45, 2.75) is 13.0 Å². The molecule has 2 heterocycles. The maximum atomic E-state index is 11.9. The van der Waals surface area contributed by atoms with E-state index in [1.54, 1.807) is 6.20 Å². The van der Waals surface area contributed by atoms with E-state index in [2.05, 4.69) is 15.7 Å². The molecular formula is C15H18N4O. The molecule has 0 bridgehead atoms. The summed E-state index contributed by atoms with van der Waals surface area (Å²) in [6.45, 7) is 2.45. The second kappa shape index (κ2) is 5.88. The van der Waals surface area contributed by atoms with Crippen LogP contribution in [0, 0.1) is 5.92 Å². The zero-order valence-electron chi connectivity index (χ0n) is 11.2. The molecule has 1 saturated heterocycles. The number of hydrogen-bond acceptors (Lipinski definition) is 3. The smallest absolute Gasteiger partial charge is 0.220 e. The second-order valence-electron chi connectivity index (χ2n) is 5.08. The molecule has 2 aromatic rings. The first-order chi connectivity index (χ1) is 9.83. The minimum Gasteiger partial charge on any atom is -0.352 e. The van der Waals surface area contributed by atoms with Crippen LogP contribution in [0.5, 0.6) is 0 Å². The van der Waals surface area contributed by atoms with Gasteiger partial charge in [-0.3, -0.25) is 4.79 Å². The topological polar surface area (TPSA) is 59.0 Å². The highest BCUT2D eigenvalue weighted by molar-refractivity contribution is 5.76. The zero-order chi connectivity index (χ0) is 13.8. The maximum absolute atomic E-state index is 11.9. The standard InChI is InChI=1S/C15H18N4O/c20-15(8-12-9-16-10-12)17-11-13-4-1-2-5-14(13)19-7-3-6-18-19/h1-7,12,16H,8-11H2,(H,17,20). The lowest BCUT2D eigenvalue weighted by atomic mass is 9.99. The van der Waals surface area contributed by atoms with Crippen LogP contribution >= 0.6 is 0 Å². The monoisotopic (exact) mass is 270 g/mol. The van der Waals surface area contributed by atoms with Gasteiger partial charge in [0.15, 0.2) is 0 Å². The lowest BCUT2D eigenvalue weighted by Crippen LogP contribution is -2.44. The Morgan fingerprint density at radius 1 is 1.35 bits per heavy atom. The van der Waals surface area contributed by atoms with E-state index in [-0.39, 0.29) is 5.91 Å². The third kappa shape index (κ3) is 2.88. The lowest BCUT2D eigenvalue weighted by molar-refractivity contribution is -0.122. The summed E-state index contributed by atoms with van der Waals surface area (Å²) in [7, 11) is 0. The molecule has 104 valence electrons. The number of nitrogens with zero attached hydrogens (tertiary/aromatic N) is 2. The van der Waals surface area contributed by atoms with E-state index in [1.165, 1.54) is 0 Å². The van der Waals surface area contributed by atoms with Gasteiger partial charge < -0.3 is 10.6 Å². The minimum absolute atomic E-state index is 0.117. The fraction of sp³-hybridized carbons (Fsp3) is 0.333. The zero-order valence-corrected chi connectivity index (χ0v) is 11.2. The van der Waals surface area contributed by atoms with Gasteiger partial charge in [0.05, 0.1) is 5.69 Å². The number of carbonyl (C=O) groups is 1. The second-order valence-corrected chi connectivity index (χ2v) is 5.08. The van der Waals surface area contributed by atoms with Gasteiger partial charge in [0.25, 0.3) is 0 Å². The molecule has 1 aromatic carbocycles. The van der Waals surface area contributed by atoms with Crippen molar-refractivity contribution in [3.05, 3.63) is 48.3 Å².